The van der Waals surface area contributed by atoms with Crippen LogP contribution in [0.15, 0.2) is 96.5 Å². The number of hydrogen-bond acceptors (Lipinski definition) is 4. The Kier molecular flexibility index (Phi) is 5.88. The van der Waals surface area contributed by atoms with Crippen molar-refractivity contribution in [3.8, 4) is 11.1 Å². The van der Waals surface area contributed by atoms with Crippen molar-refractivity contribution in [2.24, 2.45) is 5.41 Å². The molecular weight excluding hydrogens is 524 g/mol. The summed E-state index contributed by atoms with van der Waals surface area (Å²) in [6.45, 7) is 12.3. The number of aryl methyl sites for hydroxylation is 1. The Morgan fingerprint density at radius 2 is 1.63 bits per heavy atom. The number of pyridine rings is 1. The van der Waals surface area contributed by atoms with Crippen molar-refractivity contribution in [2.75, 3.05) is 5.32 Å². The van der Waals surface area contributed by atoms with E-state index in [1.54, 1.807) is 0 Å². The van der Waals surface area contributed by atoms with Crippen molar-refractivity contribution < 1.29 is 4.79 Å². The Bertz CT molecular complexity index is 1790. The second-order valence-electron chi connectivity index (χ2n) is 11.3. The van der Waals surface area contributed by atoms with Gasteiger partial charge in [0.25, 0.3) is 5.54 Å². The number of carbonyl (C=O) groups excluding carboxylic acids is 1. The number of benzene rings is 3. The number of fused-ring (bicyclic) bond motifs is 1. The number of aromatic nitrogens is 2. The quantitative estimate of drug-likeness (QED) is 0.227. The van der Waals surface area contributed by atoms with Gasteiger partial charge in [-0.2, -0.15) is 0 Å². The molecule has 0 aliphatic heterocycles. The molecule has 3 aliphatic carbocycles. The van der Waals surface area contributed by atoms with Crippen LogP contribution in [0.25, 0.3) is 16.0 Å². The molecule has 5 nitrogen and oxygen atoms in total. The molecule has 8 rings (SSSR count). The van der Waals surface area contributed by atoms with Gasteiger partial charge in [0.1, 0.15) is 0 Å². The van der Waals surface area contributed by atoms with Gasteiger partial charge in [0.15, 0.2) is 5.13 Å². The summed E-state index contributed by atoms with van der Waals surface area (Å²) in [7, 11) is 0. The van der Waals surface area contributed by atoms with Gasteiger partial charge in [-0.1, -0.05) is 78.9 Å². The molecular formula is C35H28N4OS. The lowest BCUT2D eigenvalue weighted by atomic mass is 9.49. The Morgan fingerprint density at radius 1 is 0.976 bits per heavy atom. The zero-order chi connectivity index (χ0) is 28.2. The average Bonchev–Trinajstić information content (AvgIpc) is 3.44. The number of thiazole rings is 1. The topological polar surface area (TPSA) is 59.2 Å². The minimum absolute atomic E-state index is 0.0866. The molecule has 41 heavy (non-hydrogen) atoms. The maximum absolute atomic E-state index is 14.1. The third-order valence-electron chi connectivity index (χ3n) is 8.76. The molecule has 2 aromatic heterocycles. The summed E-state index contributed by atoms with van der Waals surface area (Å²) in [6.07, 6.45) is 3.02. The van der Waals surface area contributed by atoms with E-state index < -0.39 is 11.0 Å². The van der Waals surface area contributed by atoms with Crippen LogP contribution in [0.1, 0.15) is 58.5 Å². The molecule has 2 heterocycles. The van der Waals surface area contributed by atoms with E-state index >= 15 is 0 Å². The molecule has 3 aliphatic rings. The van der Waals surface area contributed by atoms with Gasteiger partial charge in [0.2, 0.25) is 5.91 Å². The monoisotopic (exact) mass is 552 g/mol. The number of nitrogens with zero attached hydrogens (tertiary/aromatic N) is 3. The molecule has 1 unspecified atom stereocenters. The maximum atomic E-state index is 14.1. The van der Waals surface area contributed by atoms with Gasteiger partial charge in [-0.15, -0.1) is 11.3 Å². The van der Waals surface area contributed by atoms with Crippen LogP contribution < -0.4 is 5.32 Å². The first-order chi connectivity index (χ1) is 19.9. The Balaban J connectivity index is 1.13. The molecule has 200 valence electrons. The van der Waals surface area contributed by atoms with E-state index in [9.17, 15) is 4.79 Å². The highest BCUT2D eigenvalue weighted by atomic mass is 32.1. The maximum Gasteiger partial charge on any atom is 0.284 e. The van der Waals surface area contributed by atoms with E-state index in [0.717, 1.165) is 50.3 Å². The van der Waals surface area contributed by atoms with Gasteiger partial charge >= 0.3 is 0 Å². The van der Waals surface area contributed by atoms with Crippen LogP contribution in [0.3, 0.4) is 0 Å². The van der Waals surface area contributed by atoms with Crippen LogP contribution in [-0.4, -0.2) is 15.9 Å². The summed E-state index contributed by atoms with van der Waals surface area (Å²) in [5, 5.41) is 5.74. The van der Waals surface area contributed by atoms with E-state index in [-0.39, 0.29) is 11.8 Å². The second-order valence-corrected chi connectivity index (χ2v) is 12.2. The van der Waals surface area contributed by atoms with E-state index in [0.29, 0.717) is 18.0 Å². The minimum Gasteiger partial charge on any atom is -0.301 e. The molecule has 3 aromatic carbocycles. The van der Waals surface area contributed by atoms with Crippen LogP contribution >= 0.6 is 11.3 Å². The molecule has 0 saturated heterocycles. The lowest BCUT2D eigenvalue weighted by Crippen LogP contribution is -2.53. The molecule has 0 spiro atoms. The van der Waals surface area contributed by atoms with E-state index in [2.05, 4.69) is 69.7 Å². The van der Waals surface area contributed by atoms with Gasteiger partial charge < -0.3 is 5.32 Å². The predicted octanol–water partition coefficient (Wildman–Crippen LogP) is 7.76. The molecule has 2 bridgehead atoms. The first kappa shape index (κ1) is 25.4. The largest absolute Gasteiger partial charge is 0.301 e. The van der Waals surface area contributed by atoms with Crippen molar-refractivity contribution in [3.63, 3.8) is 0 Å². The normalized spacial score (nSPS) is 21.9. The number of rotatable bonds is 5. The summed E-state index contributed by atoms with van der Waals surface area (Å²) >= 11 is 1.45. The van der Waals surface area contributed by atoms with Gasteiger partial charge in [-0.25, -0.2) is 11.6 Å². The Hall–Kier alpha value is -4.60. The zero-order valence-corrected chi connectivity index (χ0v) is 23.7. The first-order valence-corrected chi connectivity index (χ1v) is 14.6. The molecule has 0 saturated carbocycles. The van der Waals surface area contributed by atoms with Gasteiger partial charge in [0, 0.05) is 52.7 Å². The predicted molar refractivity (Wildman–Crippen MR) is 163 cm³/mol. The second kappa shape index (κ2) is 9.50. The van der Waals surface area contributed by atoms with Crippen molar-refractivity contribution >= 4 is 22.4 Å². The van der Waals surface area contributed by atoms with Crippen molar-refractivity contribution in [1.82, 2.24) is 9.97 Å². The minimum atomic E-state index is -0.872. The molecule has 1 atom stereocenters. The summed E-state index contributed by atoms with van der Waals surface area (Å²) < 4.78 is 0. The molecule has 5 aromatic rings. The molecule has 6 heteroatoms. The highest BCUT2D eigenvalue weighted by molar-refractivity contribution is 7.13. The lowest BCUT2D eigenvalue weighted by Gasteiger charge is -2.51. The van der Waals surface area contributed by atoms with E-state index in [1.165, 1.54) is 11.3 Å². The smallest absolute Gasteiger partial charge is 0.284 e. The van der Waals surface area contributed by atoms with Gasteiger partial charge in [-0.3, -0.25) is 14.6 Å². The number of amides is 1. The Labute approximate surface area is 243 Å². The highest BCUT2D eigenvalue weighted by Crippen LogP contribution is 2.64. The molecule has 1 N–H and O–H groups in total. The van der Waals surface area contributed by atoms with Crippen molar-refractivity contribution in [2.45, 2.75) is 38.1 Å². The summed E-state index contributed by atoms with van der Waals surface area (Å²) in [6, 6.07) is 28.9. The van der Waals surface area contributed by atoms with Crippen LogP contribution in [-0.2, 0) is 16.8 Å². The fourth-order valence-electron chi connectivity index (χ4n) is 6.79. The fourth-order valence-corrected chi connectivity index (χ4v) is 7.50. The van der Waals surface area contributed by atoms with Crippen LogP contribution in [0.5, 0.6) is 0 Å². The third-order valence-corrected chi connectivity index (χ3v) is 9.57. The fraction of sp³-hybridized carbons (Fsp3) is 0.200. The number of carbonyl (C=O) groups is 1. The Morgan fingerprint density at radius 3 is 2.27 bits per heavy atom. The molecule has 0 fully saturated rings. The number of hydrogen-bond donors (Lipinski definition) is 1. The van der Waals surface area contributed by atoms with E-state index in [1.807, 2.05) is 55.8 Å². The van der Waals surface area contributed by atoms with Crippen molar-refractivity contribution in [1.29, 1.82) is 0 Å². The average molecular weight is 553 g/mol. The molecule has 1 amide bonds. The zero-order valence-electron chi connectivity index (χ0n) is 22.9. The van der Waals surface area contributed by atoms with Crippen LogP contribution in [0.2, 0.25) is 0 Å². The van der Waals surface area contributed by atoms with Crippen molar-refractivity contribution in [3.05, 3.63) is 147 Å². The number of anilines is 1. The lowest BCUT2D eigenvalue weighted by molar-refractivity contribution is -0.127. The first-order valence-electron chi connectivity index (χ1n) is 13.8. The third kappa shape index (κ3) is 4.00. The van der Waals surface area contributed by atoms with Gasteiger partial charge in [0.05, 0.1) is 11.1 Å². The van der Waals surface area contributed by atoms with Gasteiger partial charge in [-0.05, 0) is 42.2 Å². The van der Waals surface area contributed by atoms with Crippen LogP contribution in [0, 0.1) is 18.9 Å². The van der Waals surface area contributed by atoms with Crippen LogP contribution in [0.4, 0.5) is 5.13 Å². The standard InChI is InChI=1S/C35H28N4OS/c1-22-12-15-25(19-37-22)24-16-13-23(14-17-24)18-26-20-41-33(38-26)39-32(40)34(2)21-35(36-3)29-10-6-4-8-27(29)31(34)28-9-5-7-11-30(28)35/h4-17,19-20,31H,18,21H2,1-2H3,(H,38,39,40). The highest BCUT2D eigenvalue weighted by Gasteiger charge is 2.64. The summed E-state index contributed by atoms with van der Waals surface area (Å²) in [4.78, 5) is 27.5. The van der Waals surface area contributed by atoms with E-state index in [4.69, 9.17) is 11.6 Å². The SMILES string of the molecule is [C-]#[N+]C12CC(C)(C(=O)Nc3nc(Cc4ccc(-c5ccc(C)nc5)cc4)cs3)C(c3ccccc31)c1ccccc12. The number of nitrogens with one attached hydrogen (secondary N) is 1. The summed E-state index contributed by atoms with van der Waals surface area (Å²) in [5.74, 6) is -0.211. The summed E-state index contributed by atoms with van der Waals surface area (Å²) in [5.41, 5.74) is 7.85. The molecule has 0 radical (unpaired) electrons.